The standard InChI is InChI=1S/C25H28N4O5/c1-25(2,3)34-24(33)28-13-5-12-27(14-28)17-8-9-18-21-15(17)6-4-7-16(21)23(32)29(18)19-10-11-20(30)26-22(19)31/h4,6-9,19H,5,10-14H2,1-3H3,(H,26,30,31). The van der Waals surface area contributed by atoms with E-state index in [1.807, 2.05) is 45.0 Å². The summed E-state index contributed by atoms with van der Waals surface area (Å²) in [7, 11) is 0. The van der Waals surface area contributed by atoms with Gasteiger partial charge in [-0.15, -0.1) is 0 Å². The number of hydrogen-bond acceptors (Lipinski definition) is 6. The summed E-state index contributed by atoms with van der Waals surface area (Å²) in [5, 5.41) is 4.04. The van der Waals surface area contributed by atoms with Crippen molar-refractivity contribution in [2.75, 3.05) is 29.6 Å². The molecule has 0 aliphatic carbocycles. The molecule has 3 heterocycles. The normalized spacial score (nSPS) is 20.7. The van der Waals surface area contributed by atoms with Gasteiger partial charge in [-0.05, 0) is 51.8 Å². The molecule has 0 radical (unpaired) electrons. The first-order chi connectivity index (χ1) is 16.1. The number of nitrogens with zero attached hydrogens (tertiary/aromatic N) is 3. The van der Waals surface area contributed by atoms with Crippen LogP contribution in [-0.4, -0.2) is 60.1 Å². The Bertz CT molecular complexity index is 1220. The second kappa shape index (κ2) is 8.00. The fraction of sp³-hybridized carbons (Fsp3) is 0.440. The average Bonchev–Trinajstić information content (AvgIpc) is 3.06. The predicted molar refractivity (Wildman–Crippen MR) is 127 cm³/mol. The first-order valence-corrected chi connectivity index (χ1v) is 11.6. The molecule has 0 saturated carbocycles. The summed E-state index contributed by atoms with van der Waals surface area (Å²) in [5.74, 6) is -0.995. The highest BCUT2D eigenvalue weighted by molar-refractivity contribution is 6.28. The van der Waals surface area contributed by atoms with Crippen LogP contribution in [0.25, 0.3) is 10.8 Å². The zero-order valence-corrected chi connectivity index (χ0v) is 19.6. The van der Waals surface area contributed by atoms with Crippen LogP contribution >= 0.6 is 0 Å². The molecule has 2 aromatic rings. The number of anilines is 2. The van der Waals surface area contributed by atoms with Crippen LogP contribution in [0.2, 0.25) is 0 Å². The molecule has 4 amide bonds. The van der Waals surface area contributed by atoms with Gasteiger partial charge >= 0.3 is 6.09 Å². The third-order valence-corrected chi connectivity index (χ3v) is 6.42. The Morgan fingerprint density at radius 2 is 1.82 bits per heavy atom. The Hall–Kier alpha value is -3.62. The van der Waals surface area contributed by atoms with Crippen LogP contribution in [0, 0.1) is 0 Å². The van der Waals surface area contributed by atoms with E-state index in [-0.39, 0.29) is 24.3 Å². The maximum absolute atomic E-state index is 13.3. The monoisotopic (exact) mass is 464 g/mol. The summed E-state index contributed by atoms with van der Waals surface area (Å²) < 4.78 is 5.56. The van der Waals surface area contributed by atoms with E-state index >= 15 is 0 Å². The number of nitrogens with one attached hydrogen (secondary N) is 1. The second-order valence-corrected chi connectivity index (χ2v) is 9.98. The summed E-state index contributed by atoms with van der Waals surface area (Å²) >= 11 is 0. The quantitative estimate of drug-likeness (QED) is 0.686. The molecule has 0 spiro atoms. The largest absolute Gasteiger partial charge is 0.444 e. The van der Waals surface area contributed by atoms with Crippen molar-refractivity contribution in [1.29, 1.82) is 0 Å². The Labute approximate surface area is 197 Å². The zero-order valence-electron chi connectivity index (χ0n) is 19.6. The highest BCUT2D eigenvalue weighted by Gasteiger charge is 2.41. The molecule has 3 aliphatic heterocycles. The molecule has 5 rings (SSSR count). The number of carbonyl (C=O) groups excluding carboxylic acids is 4. The van der Waals surface area contributed by atoms with E-state index in [9.17, 15) is 19.2 Å². The lowest BCUT2D eigenvalue weighted by Crippen LogP contribution is -2.53. The minimum absolute atomic E-state index is 0.200. The molecule has 2 saturated heterocycles. The van der Waals surface area contributed by atoms with E-state index in [4.69, 9.17) is 4.74 Å². The van der Waals surface area contributed by atoms with E-state index in [2.05, 4.69) is 10.2 Å². The van der Waals surface area contributed by atoms with Crippen LogP contribution in [0.3, 0.4) is 0 Å². The lowest BCUT2D eigenvalue weighted by molar-refractivity contribution is -0.134. The van der Waals surface area contributed by atoms with Gasteiger partial charge < -0.3 is 9.64 Å². The van der Waals surface area contributed by atoms with Crippen LogP contribution in [0.15, 0.2) is 30.3 Å². The van der Waals surface area contributed by atoms with Crippen LogP contribution in [0.1, 0.15) is 50.4 Å². The Kier molecular flexibility index (Phi) is 5.22. The smallest absolute Gasteiger partial charge is 0.411 e. The van der Waals surface area contributed by atoms with Gasteiger partial charge in [-0.2, -0.15) is 0 Å². The van der Waals surface area contributed by atoms with Gasteiger partial charge in [0.25, 0.3) is 5.91 Å². The number of piperidine rings is 1. The molecular formula is C25H28N4O5. The lowest BCUT2D eigenvalue weighted by atomic mass is 10.0. The van der Waals surface area contributed by atoms with E-state index in [1.165, 1.54) is 4.90 Å². The van der Waals surface area contributed by atoms with Crippen molar-refractivity contribution in [3.63, 3.8) is 0 Å². The Morgan fingerprint density at radius 3 is 2.56 bits per heavy atom. The maximum atomic E-state index is 13.3. The summed E-state index contributed by atoms with van der Waals surface area (Å²) in [6, 6.07) is 8.66. The van der Waals surface area contributed by atoms with Gasteiger partial charge in [-0.1, -0.05) is 12.1 Å². The van der Waals surface area contributed by atoms with E-state index in [0.717, 1.165) is 29.4 Å². The van der Waals surface area contributed by atoms with Crippen LogP contribution in [0.4, 0.5) is 16.2 Å². The van der Waals surface area contributed by atoms with Crippen LogP contribution in [-0.2, 0) is 14.3 Å². The Balaban J connectivity index is 1.49. The number of imide groups is 1. The van der Waals surface area contributed by atoms with Crippen molar-refractivity contribution in [2.45, 2.75) is 51.7 Å². The fourth-order valence-corrected chi connectivity index (χ4v) is 4.98. The first kappa shape index (κ1) is 22.2. The molecule has 9 heteroatoms. The molecule has 2 aromatic carbocycles. The Morgan fingerprint density at radius 1 is 1.06 bits per heavy atom. The molecule has 9 nitrogen and oxygen atoms in total. The van der Waals surface area contributed by atoms with Gasteiger partial charge in [0.05, 0.1) is 12.4 Å². The molecule has 0 aromatic heterocycles. The molecule has 3 aliphatic rings. The van der Waals surface area contributed by atoms with Gasteiger partial charge in [0.1, 0.15) is 11.6 Å². The molecule has 1 N–H and O–H groups in total. The van der Waals surface area contributed by atoms with E-state index < -0.39 is 17.6 Å². The van der Waals surface area contributed by atoms with Crippen molar-refractivity contribution in [1.82, 2.24) is 10.2 Å². The summed E-state index contributed by atoms with van der Waals surface area (Å²) in [6.07, 6.45) is 0.947. The van der Waals surface area contributed by atoms with Gasteiger partial charge in [-0.3, -0.25) is 29.5 Å². The van der Waals surface area contributed by atoms with E-state index in [1.54, 1.807) is 11.0 Å². The summed E-state index contributed by atoms with van der Waals surface area (Å²) in [6.45, 7) is 7.32. The average molecular weight is 465 g/mol. The maximum Gasteiger partial charge on any atom is 0.411 e. The van der Waals surface area contributed by atoms with Gasteiger partial charge in [0.2, 0.25) is 11.8 Å². The number of benzene rings is 2. The third kappa shape index (κ3) is 3.74. The molecule has 34 heavy (non-hydrogen) atoms. The predicted octanol–water partition coefficient (Wildman–Crippen LogP) is 3.01. The molecule has 1 atom stereocenters. The fourth-order valence-electron chi connectivity index (χ4n) is 4.98. The molecule has 2 fully saturated rings. The number of amides is 4. The van der Waals surface area contributed by atoms with Gasteiger partial charge in [-0.25, -0.2) is 4.79 Å². The number of hydrogen-bond donors (Lipinski definition) is 1. The number of ether oxygens (including phenoxy) is 1. The van der Waals surface area contributed by atoms with Crippen molar-refractivity contribution in [3.05, 3.63) is 35.9 Å². The lowest BCUT2D eigenvalue weighted by Gasteiger charge is -2.38. The van der Waals surface area contributed by atoms with Gasteiger partial charge in [0.15, 0.2) is 0 Å². The zero-order chi connectivity index (χ0) is 24.2. The molecule has 178 valence electrons. The van der Waals surface area contributed by atoms with Crippen LogP contribution < -0.4 is 15.1 Å². The van der Waals surface area contributed by atoms with Crippen LogP contribution in [0.5, 0.6) is 0 Å². The van der Waals surface area contributed by atoms with Crippen molar-refractivity contribution in [2.24, 2.45) is 0 Å². The molecular weight excluding hydrogens is 436 g/mol. The minimum Gasteiger partial charge on any atom is -0.444 e. The van der Waals surface area contributed by atoms with Crippen molar-refractivity contribution < 1.29 is 23.9 Å². The second-order valence-electron chi connectivity index (χ2n) is 9.98. The van der Waals surface area contributed by atoms with Gasteiger partial charge in [0, 0.05) is 41.5 Å². The molecule has 0 bridgehead atoms. The minimum atomic E-state index is -0.718. The summed E-state index contributed by atoms with van der Waals surface area (Å²) in [4.78, 5) is 55.5. The van der Waals surface area contributed by atoms with Crippen molar-refractivity contribution >= 4 is 46.0 Å². The molecule has 1 unspecified atom stereocenters. The third-order valence-electron chi connectivity index (χ3n) is 6.42. The van der Waals surface area contributed by atoms with Crippen molar-refractivity contribution in [3.8, 4) is 0 Å². The highest BCUT2D eigenvalue weighted by atomic mass is 16.6. The summed E-state index contributed by atoms with van der Waals surface area (Å²) in [5.41, 5.74) is 1.57. The topological polar surface area (TPSA) is 99.3 Å². The first-order valence-electron chi connectivity index (χ1n) is 11.6. The number of rotatable bonds is 2. The number of carbonyl (C=O) groups is 4. The SMILES string of the molecule is CC(C)(C)OC(=O)N1CCCN(c2ccc3c4c(cccc24)C(=O)N3C2CCC(=O)NC2=O)C1. The highest BCUT2D eigenvalue weighted by Crippen LogP contribution is 2.43. The van der Waals surface area contributed by atoms with E-state index in [0.29, 0.717) is 30.9 Å².